The fourth-order valence-corrected chi connectivity index (χ4v) is 3.87. The Hall–Kier alpha value is -4.12. The summed E-state index contributed by atoms with van der Waals surface area (Å²) in [5.74, 6) is -2.13. The van der Waals surface area contributed by atoms with Gasteiger partial charge in [0.05, 0.1) is 6.61 Å². The number of phenols is 1. The van der Waals surface area contributed by atoms with Crippen molar-refractivity contribution in [2.75, 3.05) is 19.7 Å². The molecule has 0 saturated carbocycles. The van der Waals surface area contributed by atoms with Crippen LogP contribution >= 0.6 is 0 Å². The number of nitrogens with zero attached hydrogens (tertiary/aromatic N) is 1. The molecule has 0 radical (unpaired) electrons. The van der Waals surface area contributed by atoms with Gasteiger partial charge in [-0.3, -0.25) is 9.59 Å². The lowest BCUT2D eigenvalue weighted by Crippen LogP contribution is -2.52. The maximum absolute atomic E-state index is 13.9. The van der Waals surface area contributed by atoms with Gasteiger partial charge in [0.15, 0.2) is 0 Å². The molecule has 0 aliphatic rings. The molecule has 2 aromatic carbocycles. The van der Waals surface area contributed by atoms with E-state index in [-0.39, 0.29) is 18.7 Å². The SMILES string of the molecule is CC(C)(C)OC(=O)NCC(=O)N(CCO)C(C(=O)NC(Cc1ccccc1)C(=O)OC(C)(C)C)c1ccc(O)cc1. The summed E-state index contributed by atoms with van der Waals surface area (Å²) in [6.45, 7) is 8.90. The van der Waals surface area contributed by atoms with E-state index in [0.717, 1.165) is 10.5 Å². The quantitative estimate of drug-likeness (QED) is 0.300. The predicted octanol–water partition coefficient (Wildman–Crippen LogP) is 2.85. The summed E-state index contributed by atoms with van der Waals surface area (Å²) >= 11 is 0. The average molecular weight is 572 g/mol. The number of benzene rings is 2. The summed E-state index contributed by atoms with van der Waals surface area (Å²) in [5, 5.41) is 24.7. The second kappa shape index (κ2) is 14.5. The minimum Gasteiger partial charge on any atom is -0.508 e. The van der Waals surface area contributed by atoms with Gasteiger partial charge in [-0.15, -0.1) is 0 Å². The Morgan fingerprint density at radius 2 is 1.46 bits per heavy atom. The molecular weight excluding hydrogens is 530 g/mol. The van der Waals surface area contributed by atoms with Gasteiger partial charge in [-0.25, -0.2) is 9.59 Å². The van der Waals surface area contributed by atoms with Crippen LogP contribution in [0.15, 0.2) is 54.6 Å². The molecule has 2 atom stereocenters. The number of aliphatic hydroxyl groups is 1. The third kappa shape index (κ3) is 11.5. The molecule has 2 unspecified atom stereocenters. The Morgan fingerprint density at radius 1 is 0.878 bits per heavy atom. The zero-order valence-corrected chi connectivity index (χ0v) is 24.5. The van der Waals surface area contributed by atoms with Crippen molar-refractivity contribution in [3.63, 3.8) is 0 Å². The maximum Gasteiger partial charge on any atom is 0.408 e. The maximum atomic E-state index is 13.9. The number of esters is 1. The lowest BCUT2D eigenvalue weighted by Gasteiger charge is -2.32. The fraction of sp³-hybridized carbons (Fsp3) is 0.467. The lowest BCUT2D eigenvalue weighted by atomic mass is 10.0. The van der Waals surface area contributed by atoms with Gasteiger partial charge in [0, 0.05) is 13.0 Å². The number of aliphatic hydroxyl groups excluding tert-OH is 1. The summed E-state index contributed by atoms with van der Waals surface area (Å²) in [4.78, 5) is 53.6. The summed E-state index contributed by atoms with van der Waals surface area (Å²) < 4.78 is 10.7. The third-order valence-electron chi connectivity index (χ3n) is 5.50. The molecule has 0 aliphatic heterocycles. The Balaban J connectivity index is 2.41. The Bertz CT molecular complexity index is 1170. The van der Waals surface area contributed by atoms with Crippen LogP contribution in [0.4, 0.5) is 4.79 Å². The molecule has 0 heterocycles. The van der Waals surface area contributed by atoms with Crippen LogP contribution in [0, 0.1) is 0 Å². The molecule has 0 aromatic heterocycles. The smallest absolute Gasteiger partial charge is 0.408 e. The molecule has 4 N–H and O–H groups in total. The lowest BCUT2D eigenvalue weighted by molar-refractivity contribution is -0.159. The molecule has 41 heavy (non-hydrogen) atoms. The van der Waals surface area contributed by atoms with Gasteiger partial charge in [0.25, 0.3) is 0 Å². The highest BCUT2D eigenvalue weighted by atomic mass is 16.6. The van der Waals surface area contributed by atoms with Crippen molar-refractivity contribution in [2.24, 2.45) is 0 Å². The minimum absolute atomic E-state index is 0.0600. The van der Waals surface area contributed by atoms with E-state index < -0.39 is 60.3 Å². The van der Waals surface area contributed by atoms with Crippen LogP contribution in [0.2, 0.25) is 0 Å². The van der Waals surface area contributed by atoms with Gasteiger partial charge in [-0.1, -0.05) is 42.5 Å². The molecule has 0 bridgehead atoms. The number of alkyl carbamates (subject to hydrolysis) is 1. The van der Waals surface area contributed by atoms with Crippen molar-refractivity contribution >= 4 is 23.9 Å². The second-order valence-electron chi connectivity index (χ2n) is 11.4. The van der Waals surface area contributed by atoms with E-state index in [4.69, 9.17) is 9.47 Å². The van der Waals surface area contributed by atoms with Crippen LogP contribution in [-0.2, 0) is 30.3 Å². The van der Waals surface area contributed by atoms with Gasteiger partial charge < -0.3 is 35.2 Å². The molecule has 2 rings (SSSR count). The number of nitrogens with one attached hydrogen (secondary N) is 2. The Kier molecular flexibility index (Phi) is 11.7. The molecule has 0 saturated heterocycles. The van der Waals surface area contributed by atoms with Crippen molar-refractivity contribution in [3.05, 3.63) is 65.7 Å². The zero-order chi connectivity index (χ0) is 30.8. The highest BCUT2D eigenvalue weighted by Gasteiger charge is 2.35. The number of hydrogen-bond donors (Lipinski definition) is 4. The fourth-order valence-electron chi connectivity index (χ4n) is 3.87. The topological polar surface area (TPSA) is 154 Å². The first-order valence-corrected chi connectivity index (χ1v) is 13.3. The van der Waals surface area contributed by atoms with E-state index in [0.29, 0.717) is 5.56 Å². The number of carbonyl (C=O) groups excluding carboxylic acids is 4. The van der Waals surface area contributed by atoms with Crippen LogP contribution < -0.4 is 10.6 Å². The van der Waals surface area contributed by atoms with Crippen LogP contribution in [0.25, 0.3) is 0 Å². The van der Waals surface area contributed by atoms with Crippen molar-refractivity contribution in [1.82, 2.24) is 15.5 Å². The average Bonchev–Trinajstić information content (AvgIpc) is 2.86. The van der Waals surface area contributed by atoms with Crippen LogP contribution in [-0.4, -0.2) is 75.9 Å². The van der Waals surface area contributed by atoms with Gasteiger partial charge in [-0.2, -0.15) is 0 Å². The van der Waals surface area contributed by atoms with Gasteiger partial charge >= 0.3 is 12.1 Å². The minimum atomic E-state index is -1.32. The van der Waals surface area contributed by atoms with Gasteiger partial charge in [0.2, 0.25) is 11.8 Å². The highest BCUT2D eigenvalue weighted by Crippen LogP contribution is 2.24. The van der Waals surface area contributed by atoms with E-state index in [1.165, 1.54) is 24.3 Å². The number of amides is 3. The summed E-state index contributed by atoms with van der Waals surface area (Å²) in [6, 6.07) is 12.3. The molecule has 3 amide bonds. The van der Waals surface area contributed by atoms with Crippen LogP contribution in [0.1, 0.15) is 58.7 Å². The monoisotopic (exact) mass is 571 g/mol. The number of aromatic hydroxyl groups is 1. The normalized spacial score (nSPS) is 13.0. The number of phenolic OH excluding ortho intramolecular Hbond substituents is 1. The molecule has 0 fully saturated rings. The third-order valence-corrected chi connectivity index (χ3v) is 5.50. The number of ether oxygens (including phenoxy) is 2. The van der Waals surface area contributed by atoms with E-state index >= 15 is 0 Å². The first-order chi connectivity index (χ1) is 19.1. The largest absolute Gasteiger partial charge is 0.508 e. The number of rotatable bonds is 11. The van der Waals surface area contributed by atoms with Crippen LogP contribution in [0.3, 0.4) is 0 Å². The van der Waals surface area contributed by atoms with Gasteiger partial charge in [0.1, 0.15) is 35.6 Å². The molecule has 2 aromatic rings. The van der Waals surface area contributed by atoms with Crippen molar-refractivity contribution in [2.45, 2.75) is 71.2 Å². The Labute approximate surface area is 240 Å². The van der Waals surface area contributed by atoms with Crippen molar-refractivity contribution < 1.29 is 38.9 Å². The standard InChI is InChI=1S/C30H41N3O8/c1-29(2,3)40-27(38)23(18-20-10-8-7-9-11-20)32-26(37)25(21-12-14-22(35)15-13-21)33(16-17-34)24(36)19-31-28(39)41-30(4,5)6/h7-15,23,25,34-35H,16-19H2,1-6H3,(H,31,39)(H,32,37). The molecule has 224 valence electrons. The van der Waals surface area contributed by atoms with E-state index in [9.17, 15) is 29.4 Å². The van der Waals surface area contributed by atoms with E-state index in [2.05, 4.69) is 10.6 Å². The molecule has 11 heteroatoms. The zero-order valence-electron chi connectivity index (χ0n) is 24.5. The molecular formula is C30H41N3O8. The number of hydrogen-bond acceptors (Lipinski definition) is 8. The molecule has 0 spiro atoms. The number of carbonyl (C=O) groups is 4. The van der Waals surface area contributed by atoms with E-state index in [1.54, 1.807) is 41.5 Å². The predicted molar refractivity (Wildman–Crippen MR) is 152 cm³/mol. The first-order valence-electron chi connectivity index (χ1n) is 13.3. The summed E-state index contributed by atoms with van der Waals surface area (Å²) in [5.41, 5.74) is -0.530. The summed E-state index contributed by atoms with van der Waals surface area (Å²) in [6.07, 6.45) is -0.703. The van der Waals surface area contributed by atoms with E-state index in [1.807, 2.05) is 30.3 Å². The van der Waals surface area contributed by atoms with Crippen LogP contribution in [0.5, 0.6) is 5.75 Å². The second-order valence-corrected chi connectivity index (χ2v) is 11.4. The summed E-state index contributed by atoms with van der Waals surface area (Å²) in [7, 11) is 0. The van der Waals surface area contributed by atoms with Crippen molar-refractivity contribution in [1.29, 1.82) is 0 Å². The Morgan fingerprint density at radius 3 is 2.00 bits per heavy atom. The van der Waals surface area contributed by atoms with Gasteiger partial charge in [-0.05, 0) is 64.8 Å². The first kappa shape index (κ1) is 33.1. The van der Waals surface area contributed by atoms with Crippen molar-refractivity contribution in [3.8, 4) is 5.75 Å². The highest BCUT2D eigenvalue weighted by molar-refractivity contribution is 5.92. The molecule has 0 aliphatic carbocycles. The molecule has 11 nitrogen and oxygen atoms in total.